The molecule has 8 nitrogen and oxygen atoms in total. The number of aromatic nitrogens is 1. The first kappa shape index (κ1) is 16.7. The number of nitrogens with zero attached hydrogens (tertiary/aromatic N) is 3. The number of carbonyl (C=O) groups excluding carboxylic acids is 1. The van der Waals surface area contributed by atoms with E-state index in [0.717, 1.165) is 0 Å². The number of hydrogen-bond acceptors (Lipinski definition) is 4. The highest BCUT2D eigenvalue weighted by Gasteiger charge is 2.25. The summed E-state index contributed by atoms with van der Waals surface area (Å²) in [6.07, 6.45) is 1.90. The molecule has 0 saturated heterocycles. The Hall–Kier alpha value is -2.38. The number of amides is 1. The molecule has 0 fully saturated rings. The second kappa shape index (κ2) is 6.87. The minimum atomic E-state index is -1.12. The molecule has 1 aromatic heterocycles. The summed E-state index contributed by atoms with van der Waals surface area (Å²) < 4.78 is 1.49. The van der Waals surface area contributed by atoms with Gasteiger partial charge in [0.15, 0.2) is 0 Å². The van der Waals surface area contributed by atoms with Crippen molar-refractivity contribution in [3.05, 3.63) is 28.1 Å². The Bertz CT molecular complexity index is 550. The summed E-state index contributed by atoms with van der Waals surface area (Å²) in [4.78, 5) is 34.8. The zero-order valence-corrected chi connectivity index (χ0v) is 12.3. The van der Waals surface area contributed by atoms with Crippen LogP contribution in [0.2, 0.25) is 0 Å². The van der Waals surface area contributed by atoms with Crippen molar-refractivity contribution in [3.8, 4) is 0 Å². The molecule has 1 amide bonds. The average Bonchev–Trinajstić information content (AvgIpc) is 2.82. The van der Waals surface area contributed by atoms with Crippen LogP contribution in [0.5, 0.6) is 0 Å². The molecule has 0 aliphatic rings. The topological polar surface area (TPSA) is 106 Å². The van der Waals surface area contributed by atoms with E-state index in [4.69, 9.17) is 5.11 Å². The maximum absolute atomic E-state index is 12.5. The predicted molar refractivity (Wildman–Crippen MR) is 75.3 cm³/mol. The summed E-state index contributed by atoms with van der Waals surface area (Å²) in [5.41, 5.74) is -0.0507. The minimum absolute atomic E-state index is 0.131. The highest BCUT2D eigenvalue weighted by Crippen LogP contribution is 2.22. The van der Waals surface area contributed by atoms with E-state index in [9.17, 15) is 19.7 Å². The Morgan fingerprint density at radius 2 is 2.10 bits per heavy atom. The van der Waals surface area contributed by atoms with Crippen LogP contribution in [0, 0.1) is 10.1 Å². The molecule has 116 valence electrons. The molecular formula is C13H19N3O5. The summed E-state index contributed by atoms with van der Waals surface area (Å²) in [6.45, 7) is 5.27. The third-order valence-electron chi connectivity index (χ3n) is 2.93. The van der Waals surface area contributed by atoms with Gasteiger partial charge in [-0.2, -0.15) is 0 Å². The van der Waals surface area contributed by atoms with Gasteiger partial charge in [0.25, 0.3) is 11.6 Å². The van der Waals surface area contributed by atoms with Crippen LogP contribution in [0.15, 0.2) is 12.3 Å². The van der Waals surface area contributed by atoms with E-state index < -0.39 is 23.3 Å². The van der Waals surface area contributed by atoms with E-state index in [1.54, 1.807) is 13.8 Å². The SMILES string of the molecule is CCCN(CC(=O)O)C(=O)c1cc([N+](=O)[O-])cn1C(C)C. The Labute approximate surface area is 122 Å². The first-order valence-corrected chi connectivity index (χ1v) is 6.65. The fourth-order valence-electron chi connectivity index (χ4n) is 2.01. The number of hydrogen-bond donors (Lipinski definition) is 1. The van der Waals surface area contributed by atoms with Crippen molar-refractivity contribution < 1.29 is 19.6 Å². The van der Waals surface area contributed by atoms with Gasteiger partial charge in [-0.05, 0) is 20.3 Å². The largest absolute Gasteiger partial charge is 0.480 e. The molecule has 21 heavy (non-hydrogen) atoms. The first-order valence-electron chi connectivity index (χ1n) is 6.65. The zero-order valence-electron chi connectivity index (χ0n) is 12.3. The molecule has 8 heteroatoms. The van der Waals surface area contributed by atoms with Crippen molar-refractivity contribution in [3.63, 3.8) is 0 Å². The Balaban J connectivity index is 3.19. The average molecular weight is 297 g/mol. The van der Waals surface area contributed by atoms with Crippen molar-refractivity contribution in [2.45, 2.75) is 33.2 Å². The van der Waals surface area contributed by atoms with Crippen molar-refractivity contribution in [2.75, 3.05) is 13.1 Å². The van der Waals surface area contributed by atoms with Gasteiger partial charge in [-0.3, -0.25) is 19.7 Å². The van der Waals surface area contributed by atoms with Gasteiger partial charge in [-0.1, -0.05) is 6.92 Å². The summed E-state index contributed by atoms with van der Waals surface area (Å²) in [7, 11) is 0. The number of carbonyl (C=O) groups is 2. The van der Waals surface area contributed by atoms with Crippen LogP contribution in [0.4, 0.5) is 5.69 Å². The van der Waals surface area contributed by atoms with Crippen LogP contribution in [0.1, 0.15) is 43.7 Å². The second-order valence-electron chi connectivity index (χ2n) is 4.96. The molecule has 0 unspecified atom stereocenters. The van der Waals surface area contributed by atoms with Crippen LogP contribution >= 0.6 is 0 Å². The maximum atomic E-state index is 12.5. The van der Waals surface area contributed by atoms with E-state index in [1.165, 1.54) is 21.7 Å². The third kappa shape index (κ3) is 4.04. The lowest BCUT2D eigenvalue weighted by atomic mass is 10.3. The van der Waals surface area contributed by atoms with E-state index >= 15 is 0 Å². The number of carboxylic acids is 1. The summed E-state index contributed by atoms with van der Waals surface area (Å²) in [5, 5.41) is 19.7. The lowest BCUT2D eigenvalue weighted by Gasteiger charge is -2.21. The van der Waals surface area contributed by atoms with Gasteiger partial charge in [0, 0.05) is 18.7 Å². The van der Waals surface area contributed by atoms with E-state index in [-0.39, 0.29) is 24.0 Å². The normalized spacial score (nSPS) is 10.7. The molecule has 1 N–H and O–H groups in total. The summed E-state index contributed by atoms with van der Waals surface area (Å²) >= 11 is 0. The van der Waals surface area contributed by atoms with E-state index in [2.05, 4.69) is 0 Å². The molecule has 0 aromatic carbocycles. The number of nitro groups is 1. The van der Waals surface area contributed by atoms with Gasteiger partial charge in [0.2, 0.25) is 0 Å². The van der Waals surface area contributed by atoms with Gasteiger partial charge in [-0.15, -0.1) is 0 Å². The Morgan fingerprint density at radius 1 is 1.48 bits per heavy atom. The molecular weight excluding hydrogens is 278 g/mol. The van der Waals surface area contributed by atoms with Crippen molar-refractivity contribution in [1.82, 2.24) is 9.47 Å². The van der Waals surface area contributed by atoms with Crippen LogP contribution in [-0.2, 0) is 4.79 Å². The number of rotatable bonds is 7. The molecule has 1 heterocycles. The fourth-order valence-corrected chi connectivity index (χ4v) is 2.01. The van der Waals surface area contributed by atoms with Crippen molar-refractivity contribution in [1.29, 1.82) is 0 Å². The molecule has 0 radical (unpaired) electrons. The summed E-state index contributed by atoms with van der Waals surface area (Å²) in [6, 6.07) is 1.04. The zero-order chi connectivity index (χ0) is 16.2. The van der Waals surface area contributed by atoms with E-state index in [0.29, 0.717) is 6.42 Å². The standard InChI is InChI=1S/C13H19N3O5/c1-4-5-14(8-12(17)18)13(19)11-6-10(16(20)21)7-15(11)9(2)3/h6-7,9H,4-5,8H2,1-3H3,(H,17,18). The van der Waals surface area contributed by atoms with Gasteiger partial charge in [0.05, 0.1) is 11.1 Å². The first-order chi connectivity index (χ1) is 9.77. The van der Waals surface area contributed by atoms with Gasteiger partial charge < -0.3 is 14.6 Å². The van der Waals surface area contributed by atoms with Crippen LogP contribution < -0.4 is 0 Å². The minimum Gasteiger partial charge on any atom is -0.480 e. The molecule has 0 bridgehead atoms. The Morgan fingerprint density at radius 3 is 2.52 bits per heavy atom. The molecule has 0 atom stereocenters. The number of aliphatic carboxylic acids is 1. The highest BCUT2D eigenvalue weighted by molar-refractivity contribution is 5.95. The number of carboxylic acid groups (broad SMARTS) is 1. The molecule has 1 aromatic rings. The second-order valence-corrected chi connectivity index (χ2v) is 4.96. The third-order valence-corrected chi connectivity index (χ3v) is 2.93. The smallest absolute Gasteiger partial charge is 0.323 e. The van der Waals surface area contributed by atoms with Crippen LogP contribution in [0.25, 0.3) is 0 Å². The molecule has 0 spiro atoms. The van der Waals surface area contributed by atoms with Crippen LogP contribution in [-0.4, -0.2) is 44.5 Å². The lowest BCUT2D eigenvalue weighted by Crippen LogP contribution is -2.37. The van der Waals surface area contributed by atoms with Crippen molar-refractivity contribution >= 4 is 17.6 Å². The Kier molecular flexibility index (Phi) is 5.45. The molecule has 1 rings (SSSR count). The van der Waals surface area contributed by atoms with Gasteiger partial charge in [-0.25, -0.2) is 0 Å². The monoisotopic (exact) mass is 297 g/mol. The lowest BCUT2D eigenvalue weighted by molar-refractivity contribution is -0.384. The molecule has 0 aliphatic heterocycles. The van der Waals surface area contributed by atoms with E-state index in [1.807, 2.05) is 6.92 Å². The summed E-state index contributed by atoms with van der Waals surface area (Å²) in [5.74, 6) is -1.63. The molecule has 0 aliphatic carbocycles. The van der Waals surface area contributed by atoms with Crippen LogP contribution in [0.3, 0.4) is 0 Å². The van der Waals surface area contributed by atoms with Gasteiger partial charge in [0.1, 0.15) is 12.2 Å². The van der Waals surface area contributed by atoms with Gasteiger partial charge >= 0.3 is 5.97 Å². The predicted octanol–water partition coefficient (Wildman–Crippen LogP) is 1.91. The maximum Gasteiger partial charge on any atom is 0.323 e. The highest BCUT2D eigenvalue weighted by atomic mass is 16.6. The fraction of sp³-hybridized carbons (Fsp3) is 0.538. The van der Waals surface area contributed by atoms with Crippen molar-refractivity contribution in [2.24, 2.45) is 0 Å². The quantitative estimate of drug-likeness (QED) is 0.611. The molecule has 0 saturated carbocycles.